The average molecular weight is 256 g/mol. The minimum atomic E-state index is -1.69. The predicted octanol–water partition coefficient (Wildman–Crippen LogP) is -1.78. The molecule has 3 rings (SSSR count). The molecule has 98 valence electrons. The highest BCUT2D eigenvalue weighted by atomic mass is 16.6. The Labute approximate surface area is 102 Å². The third-order valence-corrected chi connectivity index (χ3v) is 3.52. The molecule has 0 aromatic carbocycles. The molecule has 2 unspecified atom stereocenters. The largest absolute Gasteiger partial charge is 0.339 e. The van der Waals surface area contributed by atoms with Crippen molar-refractivity contribution >= 4 is 18.0 Å². The summed E-state index contributed by atoms with van der Waals surface area (Å²) in [6, 6.07) is -1.20. The van der Waals surface area contributed by atoms with Crippen LogP contribution in [0.25, 0.3) is 0 Å². The van der Waals surface area contributed by atoms with Gasteiger partial charge in [0.2, 0.25) is 0 Å². The summed E-state index contributed by atoms with van der Waals surface area (Å²) in [7, 11) is 2.83. The SMILES string of the molecule is CN1C(=O)NC(=O)C23OCCOC12NC(=O)N3C. The Morgan fingerprint density at radius 2 is 1.72 bits per heavy atom. The second-order valence-electron chi connectivity index (χ2n) is 4.29. The van der Waals surface area contributed by atoms with E-state index in [1.54, 1.807) is 0 Å². The van der Waals surface area contributed by atoms with Crippen molar-refractivity contribution in [3.8, 4) is 0 Å². The van der Waals surface area contributed by atoms with Gasteiger partial charge < -0.3 is 9.47 Å². The third-order valence-electron chi connectivity index (χ3n) is 3.52. The Hall–Kier alpha value is -1.87. The van der Waals surface area contributed by atoms with Crippen LogP contribution in [0, 0.1) is 0 Å². The lowest BCUT2D eigenvalue weighted by Gasteiger charge is -2.52. The zero-order chi connectivity index (χ0) is 13.1. The number of nitrogens with zero attached hydrogens (tertiary/aromatic N) is 2. The summed E-state index contributed by atoms with van der Waals surface area (Å²) in [5, 5.41) is 4.65. The molecular weight excluding hydrogens is 244 g/mol. The van der Waals surface area contributed by atoms with Gasteiger partial charge in [-0.15, -0.1) is 0 Å². The van der Waals surface area contributed by atoms with Crippen molar-refractivity contribution in [1.82, 2.24) is 20.4 Å². The monoisotopic (exact) mass is 256 g/mol. The van der Waals surface area contributed by atoms with Crippen LogP contribution in [0.4, 0.5) is 9.59 Å². The average Bonchev–Trinajstić information content (AvgIpc) is 2.59. The van der Waals surface area contributed by atoms with Crippen LogP contribution < -0.4 is 10.6 Å². The number of likely N-dealkylation sites (N-methyl/N-ethyl adjacent to an activating group) is 2. The highest BCUT2D eigenvalue weighted by molar-refractivity contribution is 6.06. The van der Waals surface area contributed by atoms with E-state index in [1.165, 1.54) is 14.1 Å². The molecule has 5 amide bonds. The quantitative estimate of drug-likeness (QED) is 0.533. The van der Waals surface area contributed by atoms with Crippen LogP contribution >= 0.6 is 0 Å². The molecule has 3 heterocycles. The van der Waals surface area contributed by atoms with Crippen molar-refractivity contribution in [3.63, 3.8) is 0 Å². The number of ether oxygens (including phenoxy) is 2. The Bertz CT molecular complexity index is 468. The molecule has 3 aliphatic heterocycles. The van der Waals surface area contributed by atoms with Gasteiger partial charge in [-0.05, 0) is 0 Å². The van der Waals surface area contributed by atoms with E-state index in [1.807, 2.05) is 0 Å². The first-order valence-electron chi connectivity index (χ1n) is 5.39. The Morgan fingerprint density at radius 3 is 2.44 bits per heavy atom. The molecule has 0 aromatic rings. The van der Waals surface area contributed by atoms with Gasteiger partial charge in [-0.25, -0.2) is 9.59 Å². The molecule has 2 atom stereocenters. The summed E-state index contributed by atoms with van der Waals surface area (Å²) in [6.07, 6.45) is 0. The van der Waals surface area contributed by atoms with Crippen LogP contribution in [-0.2, 0) is 14.3 Å². The number of urea groups is 2. The number of carbonyl (C=O) groups is 3. The lowest BCUT2D eigenvalue weighted by molar-refractivity contribution is -0.317. The minimum Gasteiger partial charge on any atom is -0.339 e. The van der Waals surface area contributed by atoms with Gasteiger partial charge in [-0.2, -0.15) is 0 Å². The van der Waals surface area contributed by atoms with Crippen LogP contribution in [0.5, 0.6) is 0 Å². The van der Waals surface area contributed by atoms with Crippen LogP contribution in [0.3, 0.4) is 0 Å². The van der Waals surface area contributed by atoms with Crippen molar-refractivity contribution in [2.24, 2.45) is 0 Å². The van der Waals surface area contributed by atoms with E-state index in [4.69, 9.17) is 9.47 Å². The fourth-order valence-electron chi connectivity index (χ4n) is 2.58. The predicted molar refractivity (Wildman–Crippen MR) is 55.0 cm³/mol. The number of hydrogen-bond acceptors (Lipinski definition) is 5. The summed E-state index contributed by atoms with van der Waals surface area (Å²) in [6.45, 7) is 0.317. The Kier molecular flexibility index (Phi) is 1.95. The van der Waals surface area contributed by atoms with Crippen LogP contribution in [0.1, 0.15) is 0 Å². The summed E-state index contributed by atoms with van der Waals surface area (Å²) in [5.41, 5.74) is -1.69. The highest BCUT2D eigenvalue weighted by Crippen LogP contribution is 2.42. The lowest BCUT2D eigenvalue weighted by Crippen LogP contribution is -2.83. The Balaban J connectivity index is 2.21. The number of imide groups is 1. The van der Waals surface area contributed by atoms with Gasteiger partial charge in [0, 0.05) is 14.1 Å². The second-order valence-corrected chi connectivity index (χ2v) is 4.29. The summed E-state index contributed by atoms with van der Waals surface area (Å²) in [5.74, 6) is -2.33. The fraction of sp³-hybridized carbons (Fsp3) is 0.667. The first kappa shape index (κ1) is 11.2. The maximum atomic E-state index is 12.1. The van der Waals surface area contributed by atoms with E-state index < -0.39 is 29.5 Å². The van der Waals surface area contributed by atoms with Gasteiger partial charge in [-0.1, -0.05) is 0 Å². The summed E-state index contributed by atoms with van der Waals surface area (Å²) in [4.78, 5) is 37.9. The van der Waals surface area contributed by atoms with Crippen LogP contribution in [-0.4, -0.2) is 66.7 Å². The molecule has 18 heavy (non-hydrogen) atoms. The van der Waals surface area contributed by atoms with E-state index in [-0.39, 0.29) is 13.2 Å². The van der Waals surface area contributed by atoms with E-state index in [2.05, 4.69) is 10.6 Å². The molecule has 9 heteroatoms. The van der Waals surface area contributed by atoms with Crippen molar-refractivity contribution in [2.75, 3.05) is 27.3 Å². The molecule has 3 saturated heterocycles. The number of hydrogen-bond donors (Lipinski definition) is 2. The molecule has 0 aromatic heterocycles. The highest BCUT2D eigenvalue weighted by Gasteiger charge is 2.76. The van der Waals surface area contributed by atoms with Crippen molar-refractivity contribution in [3.05, 3.63) is 0 Å². The number of amides is 5. The van der Waals surface area contributed by atoms with Gasteiger partial charge in [0.05, 0.1) is 13.2 Å². The summed E-state index contributed by atoms with van der Waals surface area (Å²) >= 11 is 0. The molecule has 0 spiro atoms. The topological polar surface area (TPSA) is 100 Å². The van der Waals surface area contributed by atoms with Gasteiger partial charge in [0.25, 0.3) is 17.5 Å². The van der Waals surface area contributed by atoms with Gasteiger partial charge in [-0.3, -0.25) is 25.2 Å². The van der Waals surface area contributed by atoms with E-state index >= 15 is 0 Å². The molecule has 3 fully saturated rings. The van der Waals surface area contributed by atoms with Gasteiger partial charge in [0.1, 0.15) is 0 Å². The van der Waals surface area contributed by atoms with Crippen molar-refractivity contribution < 1.29 is 23.9 Å². The molecule has 0 aliphatic carbocycles. The van der Waals surface area contributed by atoms with Crippen molar-refractivity contribution in [1.29, 1.82) is 0 Å². The zero-order valence-corrected chi connectivity index (χ0v) is 9.85. The first-order chi connectivity index (χ1) is 8.45. The number of rotatable bonds is 0. The van der Waals surface area contributed by atoms with Crippen LogP contribution in [0.15, 0.2) is 0 Å². The molecule has 0 saturated carbocycles. The molecule has 0 radical (unpaired) electrons. The standard InChI is InChI=1S/C9H12N4O5/c1-12-7(16)11-9-8(12,17-3-4-18-9)5(14)10-6(15)13(9)2/h3-4H2,1-2H3,(H,11,16)(H,10,14,15). The fourth-order valence-corrected chi connectivity index (χ4v) is 2.58. The number of nitrogens with one attached hydrogen (secondary N) is 2. The lowest BCUT2D eigenvalue weighted by atomic mass is 10.0. The van der Waals surface area contributed by atoms with Gasteiger partial charge in [0.15, 0.2) is 0 Å². The molecular formula is C9H12N4O5. The molecule has 0 bridgehead atoms. The second kappa shape index (κ2) is 3.12. The molecule has 9 nitrogen and oxygen atoms in total. The minimum absolute atomic E-state index is 0.149. The number of carbonyl (C=O) groups excluding carboxylic acids is 3. The van der Waals surface area contributed by atoms with E-state index in [0.717, 1.165) is 9.80 Å². The van der Waals surface area contributed by atoms with Crippen molar-refractivity contribution in [2.45, 2.75) is 11.6 Å². The zero-order valence-electron chi connectivity index (χ0n) is 9.85. The normalized spacial score (nSPS) is 39.1. The third kappa shape index (κ3) is 0.932. The molecule has 2 N–H and O–H groups in total. The maximum absolute atomic E-state index is 12.1. The van der Waals surface area contributed by atoms with E-state index in [9.17, 15) is 14.4 Å². The maximum Gasteiger partial charge on any atom is 0.327 e. The van der Waals surface area contributed by atoms with E-state index in [0.29, 0.717) is 0 Å². The molecule has 3 aliphatic rings. The van der Waals surface area contributed by atoms with Crippen LogP contribution in [0.2, 0.25) is 0 Å². The smallest absolute Gasteiger partial charge is 0.327 e. The van der Waals surface area contributed by atoms with Gasteiger partial charge >= 0.3 is 12.1 Å². The first-order valence-corrected chi connectivity index (χ1v) is 5.39. The Morgan fingerprint density at radius 1 is 1.06 bits per heavy atom. The summed E-state index contributed by atoms with van der Waals surface area (Å²) < 4.78 is 11.0.